The van der Waals surface area contributed by atoms with E-state index in [1.807, 2.05) is 25.1 Å². The van der Waals surface area contributed by atoms with Crippen LogP contribution in [0.25, 0.3) is 0 Å². The Kier molecular flexibility index (Phi) is 3.08. The zero-order valence-electron chi connectivity index (χ0n) is 8.82. The van der Waals surface area contributed by atoms with Gasteiger partial charge >= 0.3 is 0 Å². The molecular formula is C11H16N2O2. The van der Waals surface area contributed by atoms with Crippen LogP contribution in [-0.4, -0.2) is 13.2 Å². The van der Waals surface area contributed by atoms with Gasteiger partial charge in [-0.25, -0.2) is 0 Å². The molecule has 4 nitrogen and oxygen atoms in total. The third-order valence-corrected chi connectivity index (χ3v) is 2.52. The standard InChI is InChI=1S/C11H16N2O2/c1-8(13-12)9-3-4-10-11(7-9)15-6-2-5-14-10/h3-4,7-8,13H,2,5-6,12H2,1H3. The van der Waals surface area contributed by atoms with E-state index in [-0.39, 0.29) is 6.04 Å². The molecule has 1 atom stereocenters. The van der Waals surface area contributed by atoms with Gasteiger partial charge < -0.3 is 9.47 Å². The second kappa shape index (κ2) is 4.51. The highest BCUT2D eigenvalue weighted by Crippen LogP contribution is 2.31. The van der Waals surface area contributed by atoms with Crippen LogP contribution >= 0.6 is 0 Å². The molecule has 82 valence electrons. The third-order valence-electron chi connectivity index (χ3n) is 2.52. The fourth-order valence-electron chi connectivity index (χ4n) is 1.55. The largest absolute Gasteiger partial charge is 0.490 e. The molecule has 1 aromatic rings. The summed E-state index contributed by atoms with van der Waals surface area (Å²) in [5, 5.41) is 0. The predicted molar refractivity (Wildman–Crippen MR) is 57.8 cm³/mol. The topological polar surface area (TPSA) is 56.5 Å². The van der Waals surface area contributed by atoms with Gasteiger partial charge in [-0.05, 0) is 24.6 Å². The molecule has 1 aliphatic heterocycles. The van der Waals surface area contributed by atoms with Gasteiger partial charge in [0.2, 0.25) is 0 Å². The highest BCUT2D eigenvalue weighted by atomic mass is 16.5. The zero-order valence-corrected chi connectivity index (χ0v) is 8.82. The number of ether oxygens (including phenoxy) is 2. The minimum Gasteiger partial charge on any atom is -0.490 e. The molecular weight excluding hydrogens is 192 g/mol. The number of hydrogen-bond donors (Lipinski definition) is 2. The van der Waals surface area contributed by atoms with E-state index in [1.165, 1.54) is 0 Å². The lowest BCUT2D eigenvalue weighted by atomic mass is 10.1. The lowest BCUT2D eigenvalue weighted by Crippen LogP contribution is -2.25. The van der Waals surface area contributed by atoms with Gasteiger partial charge in [-0.3, -0.25) is 11.3 Å². The number of fused-ring (bicyclic) bond motifs is 1. The Morgan fingerprint density at radius 2 is 2.00 bits per heavy atom. The summed E-state index contributed by atoms with van der Waals surface area (Å²) >= 11 is 0. The summed E-state index contributed by atoms with van der Waals surface area (Å²) in [5.41, 5.74) is 3.81. The van der Waals surface area contributed by atoms with E-state index in [9.17, 15) is 0 Å². The van der Waals surface area contributed by atoms with Crippen LogP contribution in [0.4, 0.5) is 0 Å². The number of benzene rings is 1. The number of hydrazine groups is 1. The van der Waals surface area contributed by atoms with E-state index >= 15 is 0 Å². The van der Waals surface area contributed by atoms with Crippen molar-refractivity contribution in [2.75, 3.05) is 13.2 Å². The van der Waals surface area contributed by atoms with Gasteiger partial charge in [0.25, 0.3) is 0 Å². The normalized spacial score (nSPS) is 16.9. The smallest absolute Gasteiger partial charge is 0.161 e. The Morgan fingerprint density at radius 3 is 2.73 bits per heavy atom. The van der Waals surface area contributed by atoms with E-state index in [0.717, 1.165) is 30.1 Å². The lowest BCUT2D eigenvalue weighted by molar-refractivity contribution is 0.297. The first kappa shape index (κ1) is 10.3. The molecule has 0 amide bonds. The minimum atomic E-state index is 0.113. The molecule has 0 aliphatic carbocycles. The molecule has 0 aromatic heterocycles. The molecule has 1 heterocycles. The van der Waals surface area contributed by atoms with E-state index < -0.39 is 0 Å². The number of rotatable bonds is 2. The van der Waals surface area contributed by atoms with Crippen molar-refractivity contribution < 1.29 is 9.47 Å². The molecule has 2 rings (SSSR count). The molecule has 4 heteroatoms. The van der Waals surface area contributed by atoms with Crippen molar-refractivity contribution in [3.05, 3.63) is 23.8 Å². The van der Waals surface area contributed by atoms with Gasteiger partial charge in [0.15, 0.2) is 11.5 Å². The van der Waals surface area contributed by atoms with Crippen molar-refractivity contribution in [1.29, 1.82) is 0 Å². The fourth-order valence-corrected chi connectivity index (χ4v) is 1.55. The van der Waals surface area contributed by atoms with Crippen molar-refractivity contribution >= 4 is 0 Å². The van der Waals surface area contributed by atoms with E-state index in [0.29, 0.717) is 6.61 Å². The van der Waals surface area contributed by atoms with Crippen LogP contribution in [0.3, 0.4) is 0 Å². The molecule has 0 radical (unpaired) electrons. The Balaban J connectivity index is 2.27. The minimum absolute atomic E-state index is 0.113. The van der Waals surface area contributed by atoms with Crippen molar-refractivity contribution in [2.24, 2.45) is 5.84 Å². The van der Waals surface area contributed by atoms with Crippen molar-refractivity contribution in [2.45, 2.75) is 19.4 Å². The Bertz CT molecular complexity index is 341. The highest BCUT2D eigenvalue weighted by molar-refractivity contribution is 5.44. The maximum atomic E-state index is 5.59. The van der Waals surface area contributed by atoms with Gasteiger partial charge in [-0.2, -0.15) is 0 Å². The van der Waals surface area contributed by atoms with Crippen LogP contribution in [-0.2, 0) is 0 Å². The number of nitrogens with one attached hydrogen (secondary N) is 1. The number of hydrogen-bond acceptors (Lipinski definition) is 4. The summed E-state index contributed by atoms with van der Waals surface area (Å²) in [5.74, 6) is 7.02. The van der Waals surface area contributed by atoms with Gasteiger partial charge in [0.05, 0.1) is 13.2 Å². The molecule has 1 aliphatic rings. The quantitative estimate of drug-likeness (QED) is 0.569. The highest BCUT2D eigenvalue weighted by Gasteiger charge is 2.12. The summed E-state index contributed by atoms with van der Waals surface area (Å²) in [6, 6.07) is 6.02. The maximum absolute atomic E-state index is 5.59. The molecule has 0 saturated heterocycles. The Morgan fingerprint density at radius 1 is 1.27 bits per heavy atom. The number of nitrogens with two attached hydrogens (primary N) is 1. The first-order chi connectivity index (χ1) is 7.31. The van der Waals surface area contributed by atoms with Crippen molar-refractivity contribution in [3.63, 3.8) is 0 Å². The molecule has 15 heavy (non-hydrogen) atoms. The van der Waals surface area contributed by atoms with Crippen LogP contribution in [0.15, 0.2) is 18.2 Å². The summed E-state index contributed by atoms with van der Waals surface area (Å²) in [4.78, 5) is 0. The van der Waals surface area contributed by atoms with Crippen LogP contribution in [0.1, 0.15) is 24.9 Å². The molecule has 0 spiro atoms. The first-order valence-electron chi connectivity index (χ1n) is 5.17. The van der Waals surface area contributed by atoms with Gasteiger partial charge in [0, 0.05) is 12.5 Å². The molecule has 1 unspecified atom stereocenters. The fraction of sp³-hybridized carbons (Fsp3) is 0.455. The lowest BCUT2D eigenvalue weighted by Gasteiger charge is -2.13. The molecule has 0 fully saturated rings. The van der Waals surface area contributed by atoms with Gasteiger partial charge in [-0.1, -0.05) is 6.07 Å². The summed E-state index contributed by atoms with van der Waals surface area (Å²) in [7, 11) is 0. The second-order valence-electron chi connectivity index (χ2n) is 3.65. The summed E-state index contributed by atoms with van der Waals surface area (Å²) < 4.78 is 11.1. The average Bonchev–Trinajstić information content (AvgIpc) is 2.51. The van der Waals surface area contributed by atoms with Crippen molar-refractivity contribution in [3.8, 4) is 11.5 Å². The maximum Gasteiger partial charge on any atom is 0.161 e. The predicted octanol–water partition coefficient (Wildman–Crippen LogP) is 1.37. The van der Waals surface area contributed by atoms with Crippen LogP contribution in [0.2, 0.25) is 0 Å². The molecule has 0 bridgehead atoms. The summed E-state index contributed by atoms with van der Waals surface area (Å²) in [6.45, 7) is 3.43. The first-order valence-corrected chi connectivity index (χ1v) is 5.17. The van der Waals surface area contributed by atoms with Crippen LogP contribution in [0, 0.1) is 0 Å². The van der Waals surface area contributed by atoms with E-state index in [4.69, 9.17) is 15.3 Å². The van der Waals surface area contributed by atoms with Crippen LogP contribution in [0.5, 0.6) is 11.5 Å². The van der Waals surface area contributed by atoms with Gasteiger partial charge in [0.1, 0.15) is 0 Å². The molecule has 3 N–H and O–H groups in total. The van der Waals surface area contributed by atoms with E-state index in [1.54, 1.807) is 0 Å². The SMILES string of the molecule is CC(NN)c1ccc2c(c1)OCCCO2. The second-order valence-corrected chi connectivity index (χ2v) is 3.65. The van der Waals surface area contributed by atoms with Crippen LogP contribution < -0.4 is 20.7 Å². The molecule has 0 saturated carbocycles. The Labute approximate surface area is 89.3 Å². The average molecular weight is 208 g/mol. The monoisotopic (exact) mass is 208 g/mol. The Hall–Kier alpha value is -1.26. The van der Waals surface area contributed by atoms with Crippen molar-refractivity contribution in [1.82, 2.24) is 5.43 Å². The third kappa shape index (κ3) is 2.22. The molecule has 1 aromatic carbocycles. The summed E-state index contributed by atoms with van der Waals surface area (Å²) in [6.07, 6.45) is 0.925. The van der Waals surface area contributed by atoms with E-state index in [2.05, 4.69) is 5.43 Å². The zero-order chi connectivity index (χ0) is 10.7. The van der Waals surface area contributed by atoms with Gasteiger partial charge in [-0.15, -0.1) is 0 Å².